The average Bonchev–Trinajstić information content (AvgIpc) is 2.99. The second-order valence-corrected chi connectivity index (χ2v) is 8.15. The summed E-state index contributed by atoms with van der Waals surface area (Å²) in [6, 6.07) is 16.2. The number of hydrogen-bond acceptors (Lipinski definition) is 5. The van der Waals surface area contributed by atoms with Gasteiger partial charge in [-0.25, -0.2) is 0 Å². The van der Waals surface area contributed by atoms with Gasteiger partial charge in [0, 0.05) is 19.8 Å². The summed E-state index contributed by atoms with van der Waals surface area (Å²) in [4.78, 5) is 16.6. The summed E-state index contributed by atoms with van der Waals surface area (Å²) in [5.41, 5.74) is 4.41. The van der Waals surface area contributed by atoms with Gasteiger partial charge in [-0.3, -0.25) is 9.69 Å². The van der Waals surface area contributed by atoms with Gasteiger partial charge in [0.2, 0.25) is 5.91 Å². The van der Waals surface area contributed by atoms with E-state index in [0.29, 0.717) is 11.7 Å². The first-order valence-corrected chi connectivity index (χ1v) is 10.3. The first kappa shape index (κ1) is 20.1. The maximum atomic E-state index is 12.8. The molecule has 5 nitrogen and oxygen atoms in total. The van der Waals surface area contributed by atoms with Crippen LogP contribution in [-0.4, -0.2) is 41.5 Å². The maximum absolute atomic E-state index is 12.8. The van der Waals surface area contributed by atoms with Crippen LogP contribution < -0.4 is 4.90 Å². The number of carbonyl (C=O) groups excluding carboxylic acids is 1. The largest absolute Gasteiger partial charge is 0.378 e. The van der Waals surface area contributed by atoms with Crippen LogP contribution in [0.1, 0.15) is 30.0 Å². The summed E-state index contributed by atoms with van der Waals surface area (Å²) in [6.07, 6.45) is 2.51. The van der Waals surface area contributed by atoms with Crippen molar-refractivity contribution in [1.29, 1.82) is 0 Å². The number of carbonyl (C=O) groups is 1. The molecule has 28 heavy (non-hydrogen) atoms. The molecule has 0 bridgehead atoms. The van der Waals surface area contributed by atoms with Crippen LogP contribution in [0.15, 0.2) is 58.7 Å². The molecule has 2 aromatic carbocycles. The number of thioether (sulfide) groups is 1. The predicted octanol–water partition coefficient (Wildman–Crippen LogP) is 4.31. The van der Waals surface area contributed by atoms with Gasteiger partial charge in [0.1, 0.15) is 0 Å². The molecule has 0 aromatic heterocycles. The van der Waals surface area contributed by atoms with Crippen LogP contribution in [0.4, 0.5) is 5.69 Å². The van der Waals surface area contributed by atoms with Gasteiger partial charge in [0.15, 0.2) is 5.17 Å². The summed E-state index contributed by atoms with van der Waals surface area (Å²) >= 11 is 1.50. The first-order chi connectivity index (χ1) is 13.5. The fourth-order valence-electron chi connectivity index (χ4n) is 2.95. The molecule has 1 saturated heterocycles. The van der Waals surface area contributed by atoms with Crippen molar-refractivity contribution in [2.45, 2.75) is 32.1 Å². The van der Waals surface area contributed by atoms with Crippen LogP contribution in [0.2, 0.25) is 0 Å². The molecule has 1 amide bonds. The Labute approximate surface area is 171 Å². The Kier molecular flexibility index (Phi) is 6.52. The van der Waals surface area contributed by atoms with E-state index in [-0.39, 0.29) is 11.2 Å². The molecule has 1 unspecified atom stereocenters. The minimum absolute atomic E-state index is 0.0858. The molecule has 0 radical (unpaired) electrons. The summed E-state index contributed by atoms with van der Waals surface area (Å²) in [6.45, 7) is 4.62. The molecule has 0 N–H and O–H groups in total. The Balaban J connectivity index is 1.78. The van der Waals surface area contributed by atoms with Crippen molar-refractivity contribution < 1.29 is 4.79 Å². The number of benzene rings is 2. The van der Waals surface area contributed by atoms with Crippen LogP contribution >= 0.6 is 11.8 Å². The van der Waals surface area contributed by atoms with Crippen molar-refractivity contribution >= 4 is 34.7 Å². The Hall–Kier alpha value is -2.60. The van der Waals surface area contributed by atoms with E-state index in [1.165, 1.54) is 17.3 Å². The third kappa shape index (κ3) is 4.62. The van der Waals surface area contributed by atoms with E-state index < -0.39 is 0 Å². The topological polar surface area (TPSA) is 48.3 Å². The minimum Gasteiger partial charge on any atom is -0.378 e. The van der Waals surface area contributed by atoms with E-state index in [9.17, 15) is 4.79 Å². The molecule has 146 valence electrons. The minimum atomic E-state index is -0.0858. The molecular weight excluding hydrogens is 368 g/mol. The normalized spacial score (nSPS) is 18.4. The van der Waals surface area contributed by atoms with E-state index in [1.807, 2.05) is 57.4 Å². The molecular formula is C22H26N4OS. The highest BCUT2D eigenvalue weighted by Crippen LogP contribution is 2.31. The van der Waals surface area contributed by atoms with Crippen molar-refractivity contribution in [3.05, 3.63) is 65.2 Å². The number of anilines is 1. The second-order valence-electron chi connectivity index (χ2n) is 6.98. The number of amides is 1. The maximum Gasteiger partial charge on any atom is 0.242 e. The third-order valence-electron chi connectivity index (χ3n) is 4.74. The number of rotatable bonds is 6. The van der Waals surface area contributed by atoms with Crippen molar-refractivity contribution in [1.82, 2.24) is 4.90 Å². The monoisotopic (exact) mass is 394 g/mol. The van der Waals surface area contributed by atoms with Crippen LogP contribution in [-0.2, 0) is 11.3 Å². The molecule has 1 heterocycles. The molecule has 1 aliphatic rings. The third-order valence-corrected chi connectivity index (χ3v) is 6.07. The van der Waals surface area contributed by atoms with Gasteiger partial charge in [-0.2, -0.15) is 5.10 Å². The van der Waals surface area contributed by atoms with Crippen LogP contribution in [0.3, 0.4) is 0 Å². The molecule has 0 saturated carbocycles. The van der Waals surface area contributed by atoms with E-state index in [2.05, 4.69) is 34.2 Å². The smallest absolute Gasteiger partial charge is 0.242 e. The number of hydrogen-bond donors (Lipinski definition) is 0. The number of aryl methyl sites for hydroxylation is 1. The lowest BCUT2D eigenvalue weighted by molar-refractivity contribution is -0.126. The van der Waals surface area contributed by atoms with Crippen molar-refractivity contribution in [3.63, 3.8) is 0 Å². The van der Waals surface area contributed by atoms with E-state index in [1.54, 1.807) is 11.1 Å². The lowest BCUT2D eigenvalue weighted by Crippen LogP contribution is -2.31. The standard InChI is InChI=1S/C22H26N4OS/c1-5-20-21(27)26(15-18-9-7-6-8-16(18)2)22(28-20)24-23-14-17-10-12-19(13-11-17)25(3)4/h6-14,20H,5,15H2,1-4H3/b23-14+,24-22-. The average molecular weight is 395 g/mol. The molecule has 1 aliphatic heterocycles. The van der Waals surface area contributed by atoms with Crippen molar-refractivity contribution in [2.24, 2.45) is 10.2 Å². The number of nitrogens with zero attached hydrogens (tertiary/aromatic N) is 4. The van der Waals surface area contributed by atoms with Crippen LogP contribution in [0.5, 0.6) is 0 Å². The highest BCUT2D eigenvalue weighted by Gasteiger charge is 2.37. The summed E-state index contributed by atoms with van der Waals surface area (Å²) in [5.74, 6) is 0.111. The molecule has 2 aromatic rings. The zero-order valence-electron chi connectivity index (χ0n) is 16.8. The Morgan fingerprint density at radius 2 is 1.86 bits per heavy atom. The molecule has 6 heteroatoms. The highest BCUT2D eigenvalue weighted by molar-refractivity contribution is 8.15. The lowest BCUT2D eigenvalue weighted by Gasteiger charge is -2.17. The summed E-state index contributed by atoms with van der Waals surface area (Å²) < 4.78 is 0. The predicted molar refractivity (Wildman–Crippen MR) is 119 cm³/mol. The quantitative estimate of drug-likeness (QED) is 0.542. The zero-order chi connectivity index (χ0) is 20.1. The fraction of sp³-hybridized carbons (Fsp3) is 0.318. The zero-order valence-corrected chi connectivity index (χ0v) is 17.6. The van der Waals surface area contributed by atoms with Gasteiger partial charge >= 0.3 is 0 Å². The SMILES string of the molecule is CCC1S/C(=N\N=C\c2ccc(N(C)C)cc2)N(Cc2ccccc2C)C1=O. The van der Waals surface area contributed by atoms with Crippen LogP contribution in [0.25, 0.3) is 0 Å². The summed E-state index contributed by atoms with van der Waals surface area (Å²) in [7, 11) is 4.02. The van der Waals surface area contributed by atoms with Crippen LogP contribution in [0, 0.1) is 6.92 Å². The summed E-state index contributed by atoms with van der Waals surface area (Å²) in [5, 5.41) is 9.21. The van der Waals surface area contributed by atoms with Gasteiger partial charge in [-0.1, -0.05) is 55.1 Å². The molecule has 3 rings (SSSR count). The second kappa shape index (κ2) is 9.06. The fourth-order valence-corrected chi connectivity index (χ4v) is 3.98. The van der Waals surface area contributed by atoms with Gasteiger partial charge in [0.25, 0.3) is 0 Å². The van der Waals surface area contributed by atoms with E-state index >= 15 is 0 Å². The van der Waals surface area contributed by atoms with Crippen molar-refractivity contribution in [3.8, 4) is 0 Å². The first-order valence-electron chi connectivity index (χ1n) is 9.40. The molecule has 0 aliphatic carbocycles. The van der Waals surface area contributed by atoms with Gasteiger partial charge in [-0.05, 0) is 42.2 Å². The van der Waals surface area contributed by atoms with Gasteiger partial charge in [-0.15, -0.1) is 5.10 Å². The van der Waals surface area contributed by atoms with Gasteiger partial charge in [0.05, 0.1) is 18.0 Å². The Morgan fingerprint density at radius 1 is 1.14 bits per heavy atom. The highest BCUT2D eigenvalue weighted by atomic mass is 32.2. The lowest BCUT2D eigenvalue weighted by atomic mass is 10.1. The van der Waals surface area contributed by atoms with Gasteiger partial charge < -0.3 is 4.90 Å². The van der Waals surface area contributed by atoms with Crippen molar-refractivity contribution in [2.75, 3.05) is 19.0 Å². The Bertz CT molecular complexity index is 890. The molecule has 1 atom stereocenters. The van der Waals surface area contributed by atoms with E-state index in [4.69, 9.17) is 0 Å². The van der Waals surface area contributed by atoms with E-state index in [0.717, 1.165) is 23.2 Å². The molecule has 0 spiro atoms. The number of amidine groups is 1. The Morgan fingerprint density at radius 3 is 2.50 bits per heavy atom. The molecule has 1 fully saturated rings.